The molecule has 4 heteroatoms. The largest absolute Gasteiger partial charge is 0.399 e. The van der Waals surface area contributed by atoms with E-state index in [1.54, 1.807) is 12.3 Å². The van der Waals surface area contributed by atoms with Gasteiger partial charge in [0.25, 0.3) is 0 Å². The van der Waals surface area contributed by atoms with Gasteiger partial charge in [0.15, 0.2) is 0 Å². The Morgan fingerprint density at radius 3 is 2.80 bits per heavy atom. The summed E-state index contributed by atoms with van der Waals surface area (Å²) in [5.74, 6) is 0.598. The van der Waals surface area contributed by atoms with E-state index in [4.69, 9.17) is 5.73 Å². The average Bonchev–Trinajstić information content (AvgIpc) is 2.50. The molecule has 0 saturated heterocycles. The minimum Gasteiger partial charge on any atom is -0.399 e. The number of nitrogens with two attached hydrogens (primary N) is 1. The number of anilines is 1. The summed E-state index contributed by atoms with van der Waals surface area (Å²) >= 11 is 0. The van der Waals surface area contributed by atoms with E-state index in [-0.39, 0.29) is 5.82 Å². The van der Waals surface area contributed by atoms with Crippen molar-refractivity contribution in [2.24, 2.45) is 0 Å². The highest BCUT2D eigenvalue weighted by Gasteiger charge is 2.01. The molecule has 0 amide bonds. The predicted molar refractivity (Wildman–Crippen MR) is 56.9 cm³/mol. The highest BCUT2D eigenvalue weighted by Crippen LogP contribution is 2.12. The zero-order chi connectivity index (χ0) is 10.8. The van der Waals surface area contributed by atoms with Crippen molar-refractivity contribution >= 4 is 5.69 Å². The van der Waals surface area contributed by atoms with Crippen LogP contribution >= 0.6 is 0 Å². The molecule has 0 bridgehead atoms. The summed E-state index contributed by atoms with van der Waals surface area (Å²) in [5.41, 5.74) is 6.85. The lowest BCUT2D eigenvalue weighted by Crippen LogP contribution is -2.02. The lowest BCUT2D eigenvalue weighted by molar-refractivity contribution is 0.623. The molecular weight excluding hydrogens is 193 g/mol. The van der Waals surface area contributed by atoms with Crippen LogP contribution in [-0.4, -0.2) is 9.55 Å². The van der Waals surface area contributed by atoms with Crippen molar-refractivity contribution in [3.05, 3.63) is 47.8 Å². The van der Waals surface area contributed by atoms with Gasteiger partial charge in [0, 0.05) is 24.6 Å². The summed E-state index contributed by atoms with van der Waals surface area (Å²) in [5, 5.41) is 0. The van der Waals surface area contributed by atoms with Crippen molar-refractivity contribution in [1.82, 2.24) is 9.55 Å². The van der Waals surface area contributed by atoms with Crippen molar-refractivity contribution in [2.75, 3.05) is 5.73 Å². The Balaban J connectivity index is 2.28. The van der Waals surface area contributed by atoms with Crippen molar-refractivity contribution in [3.63, 3.8) is 0 Å². The van der Waals surface area contributed by atoms with Gasteiger partial charge >= 0.3 is 0 Å². The number of nitrogen functional groups attached to an aromatic ring is 1. The van der Waals surface area contributed by atoms with Crippen LogP contribution in [0.4, 0.5) is 10.1 Å². The number of halogens is 1. The van der Waals surface area contributed by atoms with Gasteiger partial charge in [-0.1, -0.05) is 0 Å². The molecule has 0 aliphatic rings. The topological polar surface area (TPSA) is 43.8 Å². The van der Waals surface area contributed by atoms with Crippen LogP contribution in [0, 0.1) is 12.7 Å². The fourth-order valence-electron chi connectivity index (χ4n) is 1.53. The first kappa shape index (κ1) is 9.71. The van der Waals surface area contributed by atoms with E-state index in [0.29, 0.717) is 12.2 Å². The number of aromatic nitrogens is 2. The van der Waals surface area contributed by atoms with E-state index < -0.39 is 0 Å². The first-order valence-corrected chi connectivity index (χ1v) is 4.68. The molecule has 0 saturated carbocycles. The molecule has 1 heterocycles. The standard InChI is InChI=1S/C11H12FN3/c1-8-14-2-3-15(8)7-9-4-10(12)6-11(13)5-9/h2-6H,7,13H2,1H3. The van der Waals surface area contributed by atoms with Gasteiger partial charge in [0.1, 0.15) is 11.6 Å². The van der Waals surface area contributed by atoms with Crippen LogP contribution in [0.5, 0.6) is 0 Å². The lowest BCUT2D eigenvalue weighted by Gasteiger charge is -2.06. The Labute approximate surface area is 87.4 Å². The smallest absolute Gasteiger partial charge is 0.125 e. The van der Waals surface area contributed by atoms with Crippen LogP contribution in [0.3, 0.4) is 0 Å². The van der Waals surface area contributed by atoms with Gasteiger partial charge in [0.2, 0.25) is 0 Å². The molecule has 78 valence electrons. The molecule has 1 aromatic heterocycles. The second-order valence-corrected chi connectivity index (χ2v) is 3.50. The first-order chi connectivity index (χ1) is 7.15. The molecule has 2 aromatic rings. The molecule has 3 nitrogen and oxygen atoms in total. The van der Waals surface area contributed by atoms with Crippen LogP contribution in [0.15, 0.2) is 30.6 Å². The van der Waals surface area contributed by atoms with Crippen molar-refractivity contribution in [3.8, 4) is 0 Å². The van der Waals surface area contributed by atoms with Gasteiger partial charge in [0.05, 0.1) is 0 Å². The zero-order valence-corrected chi connectivity index (χ0v) is 8.44. The van der Waals surface area contributed by atoms with E-state index in [1.807, 2.05) is 17.7 Å². The van der Waals surface area contributed by atoms with Crippen LogP contribution in [0.2, 0.25) is 0 Å². The van der Waals surface area contributed by atoms with Gasteiger partial charge < -0.3 is 10.3 Å². The van der Waals surface area contributed by atoms with Crippen LogP contribution in [-0.2, 0) is 6.54 Å². The minimum atomic E-state index is -0.303. The SMILES string of the molecule is Cc1nccn1Cc1cc(N)cc(F)c1. The Morgan fingerprint density at radius 1 is 1.40 bits per heavy atom. The maximum atomic E-state index is 13.1. The van der Waals surface area contributed by atoms with Gasteiger partial charge in [-0.2, -0.15) is 0 Å². The molecule has 0 radical (unpaired) electrons. The van der Waals surface area contributed by atoms with Crippen LogP contribution in [0.25, 0.3) is 0 Å². The molecule has 0 fully saturated rings. The summed E-state index contributed by atoms with van der Waals surface area (Å²) in [6.45, 7) is 2.50. The normalized spacial score (nSPS) is 10.5. The van der Waals surface area contributed by atoms with E-state index >= 15 is 0 Å². The molecule has 0 aliphatic heterocycles. The summed E-state index contributed by atoms with van der Waals surface area (Å²) in [6, 6.07) is 4.56. The number of benzene rings is 1. The molecule has 1 aromatic carbocycles. The van der Waals surface area contributed by atoms with Gasteiger partial charge in [-0.05, 0) is 30.7 Å². The fourth-order valence-corrected chi connectivity index (χ4v) is 1.53. The molecular formula is C11H12FN3. The summed E-state index contributed by atoms with van der Waals surface area (Å²) < 4.78 is 15.0. The minimum absolute atomic E-state index is 0.303. The highest BCUT2D eigenvalue weighted by molar-refractivity contribution is 5.41. The predicted octanol–water partition coefficient (Wildman–Crippen LogP) is 1.96. The summed E-state index contributed by atoms with van der Waals surface area (Å²) in [6.07, 6.45) is 3.58. The second kappa shape index (κ2) is 3.73. The van der Waals surface area contributed by atoms with Crippen molar-refractivity contribution < 1.29 is 4.39 Å². The van der Waals surface area contributed by atoms with Gasteiger partial charge in [-0.25, -0.2) is 9.37 Å². The quantitative estimate of drug-likeness (QED) is 0.761. The monoisotopic (exact) mass is 205 g/mol. The molecule has 0 aliphatic carbocycles. The third-order valence-electron chi connectivity index (χ3n) is 2.26. The van der Waals surface area contributed by atoms with Crippen LogP contribution < -0.4 is 5.73 Å². The van der Waals surface area contributed by atoms with Gasteiger partial charge in [-0.3, -0.25) is 0 Å². The molecule has 0 spiro atoms. The maximum absolute atomic E-state index is 13.1. The third-order valence-corrected chi connectivity index (χ3v) is 2.26. The van der Waals surface area contributed by atoms with Gasteiger partial charge in [-0.15, -0.1) is 0 Å². The Hall–Kier alpha value is -1.84. The fraction of sp³-hybridized carbons (Fsp3) is 0.182. The first-order valence-electron chi connectivity index (χ1n) is 4.68. The highest BCUT2D eigenvalue weighted by atomic mass is 19.1. The van der Waals surface area contributed by atoms with E-state index in [0.717, 1.165) is 11.4 Å². The van der Waals surface area contributed by atoms with Crippen molar-refractivity contribution in [2.45, 2.75) is 13.5 Å². The average molecular weight is 205 g/mol. The molecule has 0 atom stereocenters. The van der Waals surface area contributed by atoms with E-state index in [1.165, 1.54) is 12.1 Å². The molecule has 15 heavy (non-hydrogen) atoms. The van der Waals surface area contributed by atoms with Crippen molar-refractivity contribution in [1.29, 1.82) is 0 Å². The zero-order valence-electron chi connectivity index (χ0n) is 8.44. The molecule has 2 rings (SSSR count). The number of hydrogen-bond donors (Lipinski definition) is 1. The Morgan fingerprint density at radius 2 is 2.20 bits per heavy atom. The number of imidazole rings is 1. The third kappa shape index (κ3) is 2.15. The number of rotatable bonds is 2. The summed E-state index contributed by atoms with van der Waals surface area (Å²) in [7, 11) is 0. The van der Waals surface area contributed by atoms with E-state index in [9.17, 15) is 4.39 Å². The maximum Gasteiger partial charge on any atom is 0.125 e. The summed E-state index contributed by atoms with van der Waals surface area (Å²) in [4.78, 5) is 4.10. The Bertz CT molecular complexity index is 456. The molecule has 0 unspecified atom stereocenters. The number of aryl methyl sites for hydroxylation is 1. The van der Waals surface area contributed by atoms with E-state index in [2.05, 4.69) is 4.98 Å². The lowest BCUT2D eigenvalue weighted by atomic mass is 10.2. The number of hydrogen-bond acceptors (Lipinski definition) is 2. The second-order valence-electron chi connectivity index (χ2n) is 3.50. The Kier molecular flexibility index (Phi) is 2.41. The molecule has 2 N–H and O–H groups in total. The number of nitrogens with zero attached hydrogens (tertiary/aromatic N) is 2. The van der Waals surface area contributed by atoms with Crippen LogP contribution in [0.1, 0.15) is 11.4 Å².